The summed E-state index contributed by atoms with van der Waals surface area (Å²) in [6.07, 6.45) is -10.2. The Morgan fingerprint density at radius 1 is 0.906 bits per heavy atom. The summed E-state index contributed by atoms with van der Waals surface area (Å²) in [7, 11) is 0. The lowest BCUT2D eigenvalue weighted by Crippen LogP contribution is -2.22. The molecule has 32 heavy (non-hydrogen) atoms. The van der Waals surface area contributed by atoms with E-state index < -0.39 is 58.8 Å². The summed E-state index contributed by atoms with van der Waals surface area (Å²) in [5.41, 5.74) is -4.55. The number of nitrogens with one attached hydrogen (secondary N) is 1. The molecule has 0 spiro atoms. The Kier molecular flexibility index (Phi) is 5.97. The van der Waals surface area contributed by atoms with E-state index in [4.69, 9.17) is 4.42 Å². The smallest absolute Gasteiger partial charge is 0.416 e. The Balaban J connectivity index is 1.73. The van der Waals surface area contributed by atoms with Gasteiger partial charge in [0.25, 0.3) is 5.91 Å². The second kappa shape index (κ2) is 8.36. The van der Waals surface area contributed by atoms with Crippen molar-refractivity contribution in [3.63, 3.8) is 0 Å². The lowest BCUT2D eigenvalue weighted by Gasteiger charge is -2.14. The summed E-state index contributed by atoms with van der Waals surface area (Å²) in [6.45, 7) is -1.06. The molecular formula is C20H11F6NO5. The highest BCUT2D eigenvalue weighted by Crippen LogP contribution is 2.37. The highest BCUT2D eigenvalue weighted by molar-refractivity contribution is 5.95. The van der Waals surface area contributed by atoms with E-state index in [9.17, 15) is 40.7 Å². The maximum Gasteiger partial charge on any atom is 0.416 e. The van der Waals surface area contributed by atoms with Crippen LogP contribution < -0.4 is 10.7 Å². The third-order valence-electron chi connectivity index (χ3n) is 4.04. The minimum atomic E-state index is -5.10. The molecule has 0 aliphatic heterocycles. The molecular weight excluding hydrogens is 448 g/mol. The van der Waals surface area contributed by atoms with Gasteiger partial charge in [-0.1, -0.05) is 12.1 Å². The Morgan fingerprint density at radius 3 is 2.09 bits per heavy atom. The van der Waals surface area contributed by atoms with Crippen molar-refractivity contribution in [1.29, 1.82) is 0 Å². The van der Waals surface area contributed by atoms with Gasteiger partial charge in [-0.05, 0) is 30.3 Å². The number of hydrogen-bond acceptors (Lipinski definition) is 5. The first-order chi connectivity index (χ1) is 14.8. The molecule has 1 N–H and O–H groups in total. The van der Waals surface area contributed by atoms with Crippen LogP contribution in [0.4, 0.5) is 32.0 Å². The Morgan fingerprint density at radius 2 is 1.50 bits per heavy atom. The molecule has 0 bridgehead atoms. The van der Waals surface area contributed by atoms with Gasteiger partial charge in [0.15, 0.2) is 12.0 Å². The first-order valence-electron chi connectivity index (χ1n) is 8.64. The van der Waals surface area contributed by atoms with Gasteiger partial charge in [0, 0.05) is 11.8 Å². The molecule has 0 saturated carbocycles. The number of amides is 1. The van der Waals surface area contributed by atoms with Gasteiger partial charge in [-0.3, -0.25) is 9.59 Å². The molecule has 0 saturated heterocycles. The number of carbonyl (C=O) groups is 2. The monoisotopic (exact) mass is 459 g/mol. The third kappa shape index (κ3) is 5.25. The number of rotatable bonds is 4. The number of benzene rings is 2. The second-order valence-corrected chi connectivity index (χ2v) is 6.39. The molecule has 1 amide bonds. The highest BCUT2D eigenvalue weighted by Gasteiger charge is 2.37. The third-order valence-corrected chi connectivity index (χ3v) is 4.04. The van der Waals surface area contributed by atoms with Gasteiger partial charge in [-0.25, -0.2) is 4.79 Å². The molecule has 0 aliphatic rings. The summed E-state index contributed by atoms with van der Waals surface area (Å²) < 4.78 is 87.1. The van der Waals surface area contributed by atoms with Crippen molar-refractivity contribution in [3.8, 4) is 0 Å². The fourth-order valence-electron chi connectivity index (χ4n) is 2.63. The number of hydrogen-bond donors (Lipinski definition) is 1. The van der Waals surface area contributed by atoms with Crippen LogP contribution in [0.15, 0.2) is 57.7 Å². The largest absolute Gasteiger partial charge is 0.450 e. The normalized spacial score (nSPS) is 11.9. The van der Waals surface area contributed by atoms with E-state index >= 15 is 0 Å². The summed E-state index contributed by atoms with van der Waals surface area (Å²) in [4.78, 5) is 35.9. The SMILES string of the molecule is O=C(COC(=O)c1cc(=O)c2ccccc2o1)Nc1cc(C(F)(F)F)cc(C(F)(F)F)c1. The van der Waals surface area contributed by atoms with Gasteiger partial charge in [-0.15, -0.1) is 0 Å². The van der Waals surface area contributed by atoms with Gasteiger partial charge < -0.3 is 14.5 Å². The Hall–Kier alpha value is -3.83. The number of para-hydroxylation sites is 1. The van der Waals surface area contributed by atoms with Crippen LogP contribution in [0.25, 0.3) is 11.0 Å². The summed E-state index contributed by atoms with van der Waals surface area (Å²) in [5.74, 6) is -2.99. The van der Waals surface area contributed by atoms with Crippen molar-refractivity contribution in [2.75, 3.05) is 11.9 Å². The molecule has 1 heterocycles. The number of carbonyl (C=O) groups excluding carboxylic acids is 2. The van der Waals surface area contributed by atoms with Gasteiger partial charge in [0.1, 0.15) is 5.58 Å². The minimum Gasteiger partial charge on any atom is -0.450 e. The van der Waals surface area contributed by atoms with Crippen molar-refractivity contribution in [2.45, 2.75) is 12.4 Å². The molecule has 2 aromatic carbocycles. The summed E-state index contributed by atoms with van der Waals surface area (Å²) >= 11 is 0. The van der Waals surface area contributed by atoms with Crippen LogP contribution in [0.2, 0.25) is 0 Å². The van der Waals surface area contributed by atoms with Crippen LogP contribution in [0.5, 0.6) is 0 Å². The predicted molar refractivity (Wildman–Crippen MR) is 97.8 cm³/mol. The molecule has 3 aromatic rings. The molecule has 0 unspecified atom stereocenters. The van der Waals surface area contributed by atoms with E-state index in [1.807, 2.05) is 0 Å². The molecule has 3 rings (SSSR count). The summed E-state index contributed by atoms with van der Waals surface area (Å²) in [5, 5.41) is 1.99. The molecule has 168 valence electrons. The average molecular weight is 459 g/mol. The van der Waals surface area contributed by atoms with E-state index in [-0.39, 0.29) is 17.0 Å². The van der Waals surface area contributed by atoms with E-state index in [0.29, 0.717) is 12.1 Å². The van der Waals surface area contributed by atoms with Crippen molar-refractivity contribution < 1.29 is 45.1 Å². The lowest BCUT2D eigenvalue weighted by molar-refractivity contribution is -0.143. The van der Waals surface area contributed by atoms with Crippen molar-refractivity contribution in [3.05, 3.63) is 75.6 Å². The lowest BCUT2D eigenvalue weighted by atomic mass is 10.1. The number of alkyl halides is 6. The molecule has 0 radical (unpaired) electrons. The zero-order valence-corrected chi connectivity index (χ0v) is 15.6. The number of halogens is 6. The van der Waals surface area contributed by atoms with E-state index in [2.05, 4.69) is 4.74 Å². The van der Waals surface area contributed by atoms with E-state index in [1.165, 1.54) is 18.2 Å². The molecule has 12 heteroatoms. The number of ether oxygens (including phenoxy) is 1. The molecule has 6 nitrogen and oxygen atoms in total. The average Bonchev–Trinajstić information content (AvgIpc) is 2.70. The van der Waals surface area contributed by atoms with Crippen molar-refractivity contribution >= 4 is 28.5 Å². The quantitative estimate of drug-likeness (QED) is 0.455. The van der Waals surface area contributed by atoms with Gasteiger partial charge >= 0.3 is 18.3 Å². The van der Waals surface area contributed by atoms with E-state index in [0.717, 1.165) is 6.07 Å². The van der Waals surface area contributed by atoms with E-state index in [1.54, 1.807) is 11.4 Å². The number of anilines is 1. The Bertz CT molecular complexity index is 1210. The van der Waals surface area contributed by atoms with Crippen LogP contribution in [0.3, 0.4) is 0 Å². The predicted octanol–water partition coefficient (Wildman–Crippen LogP) is 4.63. The Labute approximate surface area is 174 Å². The number of esters is 1. The minimum absolute atomic E-state index is 0.0695. The fraction of sp³-hybridized carbons (Fsp3) is 0.150. The first kappa shape index (κ1) is 22.8. The number of fused-ring (bicyclic) bond motifs is 1. The molecule has 0 atom stereocenters. The van der Waals surface area contributed by atoms with Crippen LogP contribution in [-0.2, 0) is 21.9 Å². The van der Waals surface area contributed by atoms with Crippen LogP contribution >= 0.6 is 0 Å². The van der Waals surface area contributed by atoms with Gasteiger partial charge in [0.05, 0.1) is 16.5 Å². The van der Waals surface area contributed by atoms with Crippen molar-refractivity contribution in [2.24, 2.45) is 0 Å². The van der Waals surface area contributed by atoms with Gasteiger partial charge in [0.2, 0.25) is 5.76 Å². The maximum absolute atomic E-state index is 12.9. The maximum atomic E-state index is 12.9. The summed E-state index contributed by atoms with van der Waals surface area (Å²) in [6, 6.07) is 7.30. The molecule has 0 fully saturated rings. The fourth-order valence-corrected chi connectivity index (χ4v) is 2.63. The van der Waals surface area contributed by atoms with Crippen molar-refractivity contribution in [1.82, 2.24) is 0 Å². The first-order valence-corrected chi connectivity index (χ1v) is 8.64. The standard InChI is InChI=1S/C20H11F6NO5/c21-19(22,23)10-5-11(20(24,25)26)7-12(6-10)27-17(29)9-31-18(30)16-8-14(28)13-3-1-2-4-15(13)32-16/h1-8H,9H2,(H,27,29). The van der Waals surface area contributed by atoms with Crippen LogP contribution in [-0.4, -0.2) is 18.5 Å². The zero-order chi connectivity index (χ0) is 23.7. The second-order valence-electron chi connectivity index (χ2n) is 6.39. The zero-order valence-electron chi connectivity index (χ0n) is 15.6. The van der Waals surface area contributed by atoms with Crippen LogP contribution in [0.1, 0.15) is 21.7 Å². The van der Waals surface area contributed by atoms with Crippen LogP contribution in [0, 0.1) is 0 Å². The highest BCUT2D eigenvalue weighted by atomic mass is 19.4. The topological polar surface area (TPSA) is 85.6 Å². The molecule has 0 aliphatic carbocycles. The molecule has 1 aromatic heterocycles. The van der Waals surface area contributed by atoms with Gasteiger partial charge in [-0.2, -0.15) is 26.3 Å².